The molecule has 0 aliphatic heterocycles. The molecule has 2 aromatic heterocycles. The molecule has 0 saturated carbocycles. The van der Waals surface area contributed by atoms with E-state index in [9.17, 15) is 4.79 Å². The van der Waals surface area contributed by atoms with Crippen LogP contribution >= 0.6 is 27.5 Å². The predicted molar refractivity (Wildman–Crippen MR) is 113 cm³/mol. The van der Waals surface area contributed by atoms with Crippen molar-refractivity contribution in [3.8, 4) is 0 Å². The van der Waals surface area contributed by atoms with Gasteiger partial charge < -0.3 is 10.6 Å². The maximum absolute atomic E-state index is 12.6. The average Bonchev–Trinajstić information content (AvgIpc) is 3.15. The first-order valence-electron chi connectivity index (χ1n) is 8.28. The summed E-state index contributed by atoms with van der Waals surface area (Å²) in [5.41, 5.74) is 3.89. The molecular weight excluding hydrogens is 424 g/mol. The van der Waals surface area contributed by atoms with Crippen LogP contribution in [-0.2, 0) is 6.54 Å². The van der Waals surface area contributed by atoms with Crippen molar-refractivity contribution in [3.05, 3.63) is 81.9 Å². The number of hydrogen-bond acceptors (Lipinski definition) is 5. The Morgan fingerprint density at radius 1 is 1.11 bits per heavy atom. The van der Waals surface area contributed by atoms with Crippen LogP contribution in [0.1, 0.15) is 16.1 Å². The first-order valence-corrected chi connectivity index (χ1v) is 9.91. The molecule has 7 heteroatoms. The number of fused-ring (bicyclic) bond motifs is 1. The van der Waals surface area contributed by atoms with Gasteiger partial charge in [0.05, 0.1) is 11.2 Å². The Hall–Kier alpha value is -2.77. The Bertz CT molecular complexity index is 1110. The molecule has 0 aliphatic rings. The van der Waals surface area contributed by atoms with Gasteiger partial charge in [-0.1, -0.05) is 40.2 Å². The summed E-state index contributed by atoms with van der Waals surface area (Å²) in [6.07, 6.45) is 1.80. The minimum atomic E-state index is -0.239. The third kappa shape index (κ3) is 3.99. The van der Waals surface area contributed by atoms with Gasteiger partial charge in [0, 0.05) is 33.7 Å². The van der Waals surface area contributed by atoms with Crippen LogP contribution in [0.3, 0.4) is 0 Å². The number of nitrogens with zero attached hydrogens (tertiary/aromatic N) is 2. The maximum Gasteiger partial charge on any atom is 0.277 e. The zero-order chi connectivity index (χ0) is 18.6. The Morgan fingerprint density at radius 2 is 2.00 bits per heavy atom. The molecule has 2 aromatic carbocycles. The fraction of sp³-hybridized carbons (Fsp3) is 0.0500. The SMILES string of the molecule is O=C(Nc1cccc(Br)c1)c1nscc1NCc1ccnc2ccccc12. The van der Waals surface area contributed by atoms with Crippen molar-refractivity contribution in [2.75, 3.05) is 10.6 Å². The van der Waals surface area contributed by atoms with Crippen molar-refractivity contribution in [2.45, 2.75) is 6.54 Å². The quantitative estimate of drug-likeness (QED) is 0.442. The lowest BCUT2D eigenvalue weighted by Gasteiger charge is -2.10. The third-order valence-corrected chi connectivity index (χ3v) is 5.20. The van der Waals surface area contributed by atoms with Crippen LogP contribution in [0, 0.1) is 0 Å². The summed E-state index contributed by atoms with van der Waals surface area (Å²) in [5, 5.41) is 9.15. The minimum Gasteiger partial charge on any atom is -0.378 e. The second-order valence-electron chi connectivity index (χ2n) is 5.88. The van der Waals surface area contributed by atoms with E-state index in [0.717, 1.165) is 20.9 Å². The molecule has 134 valence electrons. The molecule has 0 aliphatic carbocycles. The highest BCUT2D eigenvalue weighted by Crippen LogP contribution is 2.23. The molecule has 0 atom stereocenters. The van der Waals surface area contributed by atoms with Crippen molar-refractivity contribution in [1.29, 1.82) is 0 Å². The molecule has 0 saturated heterocycles. The molecule has 0 unspecified atom stereocenters. The first-order chi connectivity index (χ1) is 13.2. The van der Waals surface area contributed by atoms with E-state index >= 15 is 0 Å². The van der Waals surface area contributed by atoms with E-state index in [2.05, 4.69) is 35.9 Å². The van der Waals surface area contributed by atoms with Gasteiger partial charge in [0.25, 0.3) is 5.91 Å². The van der Waals surface area contributed by atoms with Crippen LogP contribution < -0.4 is 10.6 Å². The summed E-state index contributed by atoms with van der Waals surface area (Å²) in [7, 11) is 0. The van der Waals surface area contributed by atoms with E-state index in [1.807, 2.05) is 60.0 Å². The molecule has 5 nitrogen and oxygen atoms in total. The monoisotopic (exact) mass is 438 g/mol. The summed E-state index contributed by atoms with van der Waals surface area (Å²) >= 11 is 4.66. The van der Waals surface area contributed by atoms with Crippen LogP contribution in [-0.4, -0.2) is 15.3 Å². The second-order valence-corrected chi connectivity index (χ2v) is 7.43. The zero-order valence-electron chi connectivity index (χ0n) is 14.1. The minimum absolute atomic E-state index is 0.239. The highest BCUT2D eigenvalue weighted by Gasteiger charge is 2.15. The molecule has 0 radical (unpaired) electrons. The van der Waals surface area contributed by atoms with E-state index in [0.29, 0.717) is 23.6 Å². The number of hydrogen-bond donors (Lipinski definition) is 2. The summed E-state index contributed by atoms with van der Waals surface area (Å²) in [4.78, 5) is 17.0. The van der Waals surface area contributed by atoms with E-state index in [1.165, 1.54) is 11.5 Å². The van der Waals surface area contributed by atoms with Crippen molar-refractivity contribution in [1.82, 2.24) is 9.36 Å². The number of anilines is 2. The maximum atomic E-state index is 12.6. The van der Waals surface area contributed by atoms with Crippen LogP contribution in [0.5, 0.6) is 0 Å². The van der Waals surface area contributed by atoms with Crippen LogP contribution in [0.4, 0.5) is 11.4 Å². The van der Waals surface area contributed by atoms with Crippen LogP contribution in [0.25, 0.3) is 10.9 Å². The standard InChI is InChI=1S/C20H15BrN4OS/c21-14-4-3-5-15(10-14)24-20(26)19-18(12-27-25-19)23-11-13-8-9-22-17-7-2-1-6-16(13)17/h1-10,12,23H,11H2,(H,24,26). The van der Waals surface area contributed by atoms with Gasteiger partial charge >= 0.3 is 0 Å². The Morgan fingerprint density at radius 3 is 2.89 bits per heavy atom. The smallest absolute Gasteiger partial charge is 0.277 e. The number of halogens is 1. The average molecular weight is 439 g/mol. The molecule has 2 heterocycles. The predicted octanol–water partition coefficient (Wildman–Crippen LogP) is 5.32. The van der Waals surface area contributed by atoms with E-state index in [1.54, 1.807) is 6.20 Å². The molecule has 0 fully saturated rings. The number of rotatable bonds is 5. The van der Waals surface area contributed by atoms with Gasteiger partial charge in [0.2, 0.25) is 0 Å². The summed E-state index contributed by atoms with van der Waals surface area (Å²) < 4.78 is 5.16. The van der Waals surface area contributed by atoms with E-state index < -0.39 is 0 Å². The van der Waals surface area contributed by atoms with Crippen molar-refractivity contribution in [2.24, 2.45) is 0 Å². The number of aromatic nitrogens is 2. The molecule has 27 heavy (non-hydrogen) atoms. The largest absolute Gasteiger partial charge is 0.378 e. The van der Waals surface area contributed by atoms with E-state index in [-0.39, 0.29) is 5.91 Å². The van der Waals surface area contributed by atoms with Gasteiger partial charge in [-0.05, 0) is 47.4 Å². The van der Waals surface area contributed by atoms with Gasteiger partial charge in [0.15, 0.2) is 5.69 Å². The van der Waals surface area contributed by atoms with Crippen LogP contribution in [0.15, 0.2) is 70.6 Å². The molecule has 0 spiro atoms. The van der Waals surface area contributed by atoms with Crippen molar-refractivity contribution < 1.29 is 4.79 Å². The Balaban J connectivity index is 1.51. The third-order valence-electron chi connectivity index (χ3n) is 4.08. The molecular formula is C20H15BrN4OS. The lowest BCUT2D eigenvalue weighted by Crippen LogP contribution is -2.14. The normalized spacial score (nSPS) is 10.7. The Labute approximate surface area is 168 Å². The van der Waals surface area contributed by atoms with Gasteiger partial charge in [-0.25, -0.2) is 0 Å². The Kier molecular flexibility index (Phi) is 5.13. The molecule has 0 bridgehead atoms. The molecule has 2 N–H and O–H groups in total. The van der Waals surface area contributed by atoms with Gasteiger partial charge in [-0.3, -0.25) is 9.78 Å². The number of nitrogens with one attached hydrogen (secondary N) is 2. The highest BCUT2D eigenvalue weighted by molar-refractivity contribution is 9.10. The fourth-order valence-electron chi connectivity index (χ4n) is 2.78. The number of para-hydroxylation sites is 1. The molecule has 4 aromatic rings. The van der Waals surface area contributed by atoms with E-state index in [4.69, 9.17) is 0 Å². The second kappa shape index (κ2) is 7.85. The summed E-state index contributed by atoms with van der Waals surface area (Å²) in [6, 6.07) is 17.4. The van der Waals surface area contributed by atoms with Crippen molar-refractivity contribution >= 4 is 55.6 Å². The lowest BCUT2D eigenvalue weighted by molar-refractivity contribution is 0.102. The van der Waals surface area contributed by atoms with Gasteiger partial charge in [-0.15, -0.1) is 0 Å². The fourth-order valence-corrected chi connectivity index (χ4v) is 3.82. The highest BCUT2D eigenvalue weighted by atomic mass is 79.9. The first kappa shape index (κ1) is 17.6. The zero-order valence-corrected chi connectivity index (χ0v) is 16.5. The number of pyridine rings is 1. The molecule has 4 rings (SSSR count). The number of carbonyl (C=O) groups is 1. The van der Waals surface area contributed by atoms with Crippen LogP contribution in [0.2, 0.25) is 0 Å². The summed E-state index contributed by atoms with van der Waals surface area (Å²) in [5.74, 6) is -0.239. The summed E-state index contributed by atoms with van der Waals surface area (Å²) in [6.45, 7) is 0.582. The van der Waals surface area contributed by atoms with Gasteiger partial charge in [-0.2, -0.15) is 4.37 Å². The molecule has 1 amide bonds. The van der Waals surface area contributed by atoms with Gasteiger partial charge in [0.1, 0.15) is 0 Å². The lowest BCUT2D eigenvalue weighted by atomic mass is 10.1. The number of benzene rings is 2. The van der Waals surface area contributed by atoms with Crippen molar-refractivity contribution in [3.63, 3.8) is 0 Å². The topological polar surface area (TPSA) is 66.9 Å². The number of amides is 1. The number of carbonyl (C=O) groups excluding carboxylic acids is 1.